The van der Waals surface area contributed by atoms with E-state index in [2.05, 4.69) is 31.2 Å². The standard InChI is InChI=1S/C8H18N2O/c1-4-5-10-6-7-11-8(2,3)9-10/h9H,4-7H2,1-3H3. The summed E-state index contributed by atoms with van der Waals surface area (Å²) in [6.07, 6.45) is 1.18. The van der Waals surface area contributed by atoms with Gasteiger partial charge in [-0.15, -0.1) is 0 Å². The predicted molar refractivity (Wildman–Crippen MR) is 45.0 cm³/mol. The van der Waals surface area contributed by atoms with Crippen molar-refractivity contribution in [1.29, 1.82) is 0 Å². The number of nitrogens with zero attached hydrogens (tertiary/aromatic N) is 1. The van der Waals surface area contributed by atoms with Gasteiger partial charge in [0.15, 0.2) is 0 Å². The van der Waals surface area contributed by atoms with Gasteiger partial charge in [0, 0.05) is 13.1 Å². The van der Waals surface area contributed by atoms with Crippen molar-refractivity contribution < 1.29 is 4.74 Å². The van der Waals surface area contributed by atoms with Crippen LogP contribution in [0.4, 0.5) is 0 Å². The van der Waals surface area contributed by atoms with Crippen molar-refractivity contribution in [3.63, 3.8) is 0 Å². The summed E-state index contributed by atoms with van der Waals surface area (Å²) in [5.41, 5.74) is 3.13. The normalized spacial score (nSPS) is 25.4. The third-order valence-electron chi connectivity index (χ3n) is 1.74. The Labute approximate surface area is 68.7 Å². The number of nitrogens with one attached hydrogen (secondary N) is 1. The van der Waals surface area contributed by atoms with Crippen LogP contribution in [0.15, 0.2) is 0 Å². The van der Waals surface area contributed by atoms with E-state index < -0.39 is 0 Å². The molecule has 1 heterocycles. The SMILES string of the molecule is CCCN1CCOC(C)(C)N1. The van der Waals surface area contributed by atoms with Crippen molar-refractivity contribution in [2.24, 2.45) is 0 Å². The van der Waals surface area contributed by atoms with Gasteiger partial charge in [-0.1, -0.05) is 6.92 Å². The van der Waals surface area contributed by atoms with Crippen molar-refractivity contribution >= 4 is 0 Å². The fourth-order valence-corrected chi connectivity index (χ4v) is 1.32. The van der Waals surface area contributed by atoms with Crippen molar-refractivity contribution in [3.8, 4) is 0 Å². The lowest BCUT2D eigenvalue weighted by Crippen LogP contribution is -2.58. The van der Waals surface area contributed by atoms with Crippen molar-refractivity contribution in [3.05, 3.63) is 0 Å². The first kappa shape index (κ1) is 8.97. The molecule has 0 amide bonds. The molecule has 0 aromatic heterocycles. The van der Waals surface area contributed by atoms with Gasteiger partial charge in [0.25, 0.3) is 0 Å². The summed E-state index contributed by atoms with van der Waals surface area (Å²) in [5.74, 6) is 0. The van der Waals surface area contributed by atoms with Crippen LogP contribution in [0.5, 0.6) is 0 Å². The molecule has 1 aliphatic heterocycles. The summed E-state index contributed by atoms with van der Waals surface area (Å²) in [5, 5.41) is 2.23. The molecule has 1 N–H and O–H groups in total. The molecule has 1 saturated heterocycles. The van der Waals surface area contributed by atoms with E-state index >= 15 is 0 Å². The van der Waals surface area contributed by atoms with E-state index in [0.29, 0.717) is 0 Å². The van der Waals surface area contributed by atoms with Gasteiger partial charge in [-0.2, -0.15) is 0 Å². The first-order chi connectivity index (χ1) is 5.14. The highest BCUT2D eigenvalue weighted by molar-refractivity contribution is 4.69. The van der Waals surface area contributed by atoms with Gasteiger partial charge >= 0.3 is 0 Å². The van der Waals surface area contributed by atoms with Crippen LogP contribution in [0.3, 0.4) is 0 Å². The fourth-order valence-electron chi connectivity index (χ4n) is 1.32. The van der Waals surface area contributed by atoms with Crippen molar-refractivity contribution in [2.45, 2.75) is 32.9 Å². The molecular formula is C8H18N2O. The number of rotatable bonds is 2. The zero-order chi connectivity index (χ0) is 8.32. The third kappa shape index (κ3) is 2.77. The lowest BCUT2D eigenvalue weighted by Gasteiger charge is -2.39. The highest BCUT2D eigenvalue weighted by Crippen LogP contribution is 2.10. The van der Waals surface area contributed by atoms with Crippen LogP contribution in [-0.2, 0) is 4.74 Å². The molecule has 11 heavy (non-hydrogen) atoms. The van der Waals surface area contributed by atoms with Crippen molar-refractivity contribution in [2.75, 3.05) is 19.7 Å². The maximum Gasteiger partial charge on any atom is 0.125 e. The second kappa shape index (κ2) is 3.52. The Hall–Kier alpha value is -0.120. The minimum absolute atomic E-state index is 0.173. The summed E-state index contributed by atoms with van der Waals surface area (Å²) in [6, 6.07) is 0. The first-order valence-corrected chi connectivity index (χ1v) is 4.31. The highest BCUT2D eigenvalue weighted by Gasteiger charge is 2.25. The van der Waals surface area contributed by atoms with Crippen LogP contribution >= 0.6 is 0 Å². The Kier molecular flexibility index (Phi) is 2.87. The quantitative estimate of drug-likeness (QED) is 0.648. The monoisotopic (exact) mass is 158 g/mol. The summed E-state index contributed by atoms with van der Waals surface area (Å²) < 4.78 is 5.49. The van der Waals surface area contributed by atoms with Crippen LogP contribution in [0, 0.1) is 0 Å². The van der Waals surface area contributed by atoms with Gasteiger partial charge < -0.3 is 4.74 Å². The van der Waals surface area contributed by atoms with E-state index in [1.807, 2.05) is 0 Å². The van der Waals surface area contributed by atoms with Gasteiger partial charge in [0.1, 0.15) is 5.72 Å². The predicted octanol–water partition coefficient (Wildman–Crippen LogP) is 0.969. The van der Waals surface area contributed by atoms with Gasteiger partial charge in [0.2, 0.25) is 0 Å². The molecule has 3 heteroatoms. The fraction of sp³-hybridized carbons (Fsp3) is 1.00. The lowest BCUT2D eigenvalue weighted by atomic mass is 10.3. The Morgan fingerprint density at radius 3 is 2.82 bits per heavy atom. The molecule has 66 valence electrons. The Bertz CT molecular complexity index is 123. The molecule has 0 aromatic rings. The summed E-state index contributed by atoms with van der Waals surface area (Å²) in [7, 11) is 0. The first-order valence-electron chi connectivity index (χ1n) is 4.31. The number of hydrogen-bond acceptors (Lipinski definition) is 3. The second-order valence-corrected chi connectivity index (χ2v) is 3.46. The van der Waals surface area contributed by atoms with E-state index in [1.54, 1.807) is 0 Å². The molecular weight excluding hydrogens is 140 g/mol. The smallest absolute Gasteiger partial charge is 0.125 e. The van der Waals surface area contributed by atoms with Crippen LogP contribution in [0.2, 0.25) is 0 Å². The molecule has 0 aliphatic carbocycles. The summed E-state index contributed by atoms with van der Waals surface area (Å²) >= 11 is 0. The molecule has 0 radical (unpaired) electrons. The molecule has 0 saturated carbocycles. The third-order valence-corrected chi connectivity index (χ3v) is 1.74. The minimum Gasteiger partial charge on any atom is -0.359 e. The second-order valence-electron chi connectivity index (χ2n) is 3.46. The van der Waals surface area contributed by atoms with Crippen LogP contribution in [0.1, 0.15) is 27.2 Å². The topological polar surface area (TPSA) is 24.5 Å². The van der Waals surface area contributed by atoms with Gasteiger partial charge in [-0.05, 0) is 20.3 Å². The Morgan fingerprint density at radius 2 is 2.27 bits per heavy atom. The zero-order valence-electron chi connectivity index (χ0n) is 7.68. The molecule has 0 spiro atoms. The zero-order valence-corrected chi connectivity index (χ0v) is 7.68. The van der Waals surface area contributed by atoms with E-state index in [1.165, 1.54) is 6.42 Å². The largest absolute Gasteiger partial charge is 0.359 e. The molecule has 0 aromatic carbocycles. The number of hydrazine groups is 1. The Morgan fingerprint density at radius 1 is 1.55 bits per heavy atom. The van der Waals surface area contributed by atoms with E-state index in [-0.39, 0.29) is 5.72 Å². The summed E-state index contributed by atoms with van der Waals surface area (Å²) in [6.45, 7) is 9.22. The van der Waals surface area contributed by atoms with E-state index in [9.17, 15) is 0 Å². The van der Waals surface area contributed by atoms with Gasteiger partial charge in [-0.3, -0.25) is 0 Å². The highest BCUT2D eigenvalue weighted by atomic mass is 16.5. The van der Waals surface area contributed by atoms with Gasteiger partial charge in [0.05, 0.1) is 6.61 Å². The van der Waals surface area contributed by atoms with Crippen LogP contribution < -0.4 is 5.43 Å². The van der Waals surface area contributed by atoms with Crippen molar-refractivity contribution in [1.82, 2.24) is 10.4 Å². The molecule has 3 nitrogen and oxygen atoms in total. The summed E-state index contributed by atoms with van der Waals surface area (Å²) in [4.78, 5) is 0. The average Bonchev–Trinajstić information content (AvgIpc) is 1.85. The molecule has 1 fully saturated rings. The Balaban J connectivity index is 2.34. The van der Waals surface area contributed by atoms with Crippen LogP contribution in [0.25, 0.3) is 0 Å². The van der Waals surface area contributed by atoms with Gasteiger partial charge in [-0.25, -0.2) is 10.4 Å². The average molecular weight is 158 g/mol. The van der Waals surface area contributed by atoms with Crippen LogP contribution in [-0.4, -0.2) is 30.4 Å². The maximum atomic E-state index is 5.49. The molecule has 0 bridgehead atoms. The number of hydrogen-bond donors (Lipinski definition) is 1. The van der Waals surface area contributed by atoms with E-state index in [0.717, 1.165) is 19.7 Å². The molecule has 1 rings (SSSR count). The lowest BCUT2D eigenvalue weighted by molar-refractivity contribution is -0.140. The molecule has 0 atom stereocenters. The number of ether oxygens (including phenoxy) is 1. The molecule has 0 unspecified atom stereocenters. The van der Waals surface area contributed by atoms with E-state index in [4.69, 9.17) is 4.74 Å². The molecule has 1 aliphatic rings. The minimum atomic E-state index is -0.173. The maximum absolute atomic E-state index is 5.49.